The van der Waals surface area contributed by atoms with Crippen molar-refractivity contribution in [1.29, 1.82) is 0 Å². The Morgan fingerprint density at radius 1 is 1.42 bits per heavy atom. The fourth-order valence-electron chi connectivity index (χ4n) is 1.62. The highest BCUT2D eigenvalue weighted by Gasteiger charge is 2.11. The minimum absolute atomic E-state index is 0.488. The van der Waals surface area contributed by atoms with Crippen LogP contribution >= 0.6 is 15.9 Å². The Kier molecular flexibility index (Phi) is 6.95. The lowest BCUT2D eigenvalue weighted by Crippen LogP contribution is -2.14. The number of methoxy groups -OCH3 is 1. The van der Waals surface area contributed by atoms with Crippen LogP contribution in [0.1, 0.15) is 25.8 Å². The average Bonchev–Trinajstić information content (AvgIpc) is 2.37. The Bertz CT molecular complexity index is 432. The molecule has 106 valence electrons. The van der Waals surface area contributed by atoms with Crippen molar-refractivity contribution in [3.05, 3.63) is 34.3 Å². The van der Waals surface area contributed by atoms with E-state index in [0.29, 0.717) is 6.61 Å². The molecule has 0 heterocycles. The van der Waals surface area contributed by atoms with Crippen LogP contribution in [0.15, 0.2) is 28.8 Å². The zero-order valence-electron chi connectivity index (χ0n) is 11.9. The number of halogens is 1. The molecule has 1 aromatic rings. The van der Waals surface area contributed by atoms with Crippen LogP contribution in [0.4, 0.5) is 0 Å². The SMILES string of the molecule is C=C(C)COc1c(Br)cc(CNCCC)cc1OC. The van der Waals surface area contributed by atoms with Crippen molar-refractivity contribution in [3.8, 4) is 11.5 Å². The van der Waals surface area contributed by atoms with E-state index < -0.39 is 0 Å². The predicted molar refractivity (Wildman–Crippen MR) is 83.0 cm³/mol. The Labute approximate surface area is 124 Å². The topological polar surface area (TPSA) is 30.5 Å². The Balaban J connectivity index is 2.84. The van der Waals surface area contributed by atoms with Crippen LogP contribution < -0.4 is 14.8 Å². The monoisotopic (exact) mass is 327 g/mol. The minimum Gasteiger partial charge on any atom is -0.493 e. The van der Waals surface area contributed by atoms with Gasteiger partial charge in [0.2, 0.25) is 0 Å². The van der Waals surface area contributed by atoms with Crippen LogP contribution in [0, 0.1) is 0 Å². The third-order valence-corrected chi connectivity index (χ3v) is 3.10. The summed E-state index contributed by atoms with van der Waals surface area (Å²) in [5.41, 5.74) is 2.14. The molecule has 0 spiro atoms. The van der Waals surface area contributed by atoms with Gasteiger partial charge in [0.15, 0.2) is 11.5 Å². The third-order valence-electron chi connectivity index (χ3n) is 2.51. The maximum absolute atomic E-state index is 5.71. The van der Waals surface area contributed by atoms with Gasteiger partial charge in [-0.15, -0.1) is 0 Å². The van der Waals surface area contributed by atoms with Crippen LogP contribution in [0.5, 0.6) is 11.5 Å². The average molecular weight is 328 g/mol. The first-order valence-corrected chi connectivity index (χ1v) is 7.22. The summed E-state index contributed by atoms with van der Waals surface area (Å²) in [7, 11) is 1.65. The van der Waals surface area contributed by atoms with Crippen LogP contribution in [0.3, 0.4) is 0 Å². The fraction of sp³-hybridized carbons (Fsp3) is 0.467. The summed E-state index contributed by atoms with van der Waals surface area (Å²) in [5.74, 6) is 1.47. The standard InChI is InChI=1S/C15H22BrNO2/c1-5-6-17-9-12-7-13(16)15(14(8-12)18-4)19-10-11(2)3/h7-8,17H,2,5-6,9-10H2,1,3-4H3. The number of rotatable bonds is 8. The summed E-state index contributed by atoms with van der Waals surface area (Å²) in [5, 5.41) is 3.37. The van der Waals surface area contributed by atoms with Crippen molar-refractivity contribution in [2.24, 2.45) is 0 Å². The van der Waals surface area contributed by atoms with E-state index >= 15 is 0 Å². The summed E-state index contributed by atoms with van der Waals surface area (Å²) in [6.07, 6.45) is 1.12. The molecule has 3 nitrogen and oxygen atoms in total. The van der Waals surface area contributed by atoms with Crippen LogP contribution in [-0.2, 0) is 6.54 Å². The molecule has 1 aromatic carbocycles. The molecule has 0 aliphatic rings. The highest BCUT2D eigenvalue weighted by Crippen LogP contribution is 2.36. The van der Waals surface area contributed by atoms with Gasteiger partial charge in [0.25, 0.3) is 0 Å². The summed E-state index contributed by atoms with van der Waals surface area (Å²) >= 11 is 3.54. The largest absolute Gasteiger partial charge is 0.493 e. The van der Waals surface area contributed by atoms with Gasteiger partial charge in [-0.3, -0.25) is 0 Å². The molecule has 0 aliphatic carbocycles. The lowest BCUT2D eigenvalue weighted by atomic mass is 10.2. The van der Waals surface area contributed by atoms with Crippen LogP contribution in [-0.4, -0.2) is 20.3 Å². The van der Waals surface area contributed by atoms with E-state index in [1.165, 1.54) is 5.56 Å². The minimum atomic E-state index is 0.488. The van der Waals surface area contributed by atoms with E-state index in [2.05, 4.69) is 40.8 Å². The first kappa shape index (κ1) is 16.1. The summed E-state index contributed by atoms with van der Waals surface area (Å²) in [4.78, 5) is 0. The van der Waals surface area contributed by atoms with Gasteiger partial charge in [-0.1, -0.05) is 13.5 Å². The normalized spacial score (nSPS) is 10.3. The number of benzene rings is 1. The maximum atomic E-state index is 5.71. The molecular weight excluding hydrogens is 306 g/mol. The van der Waals surface area contributed by atoms with Gasteiger partial charge in [0.05, 0.1) is 11.6 Å². The molecule has 19 heavy (non-hydrogen) atoms. The molecule has 0 saturated carbocycles. The lowest BCUT2D eigenvalue weighted by Gasteiger charge is -2.14. The second-order valence-electron chi connectivity index (χ2n) is 4.53. The second kappa shape index (κ2) is 8.23. The van der Waals surface area contributed by atoms with Crippen molar-refractivity contribution in [2.75, 3.05) is 20.3 Å². The maximum Gasteiger partial charge on any atom is 0.175 e. The number of ether oxygens (including phenoxy) is 2. The van der Waals surface area contributed by atoms with Crippen molar-refractivity contribution >= 4 is 15.9 Å². The second-order valence-corrected chi connectivity index (χ2v) is 5.39. The van der Waals surface area contributed by atoms with Gasteiger partial charge in [-0.05, 0) is 59.1 Å². The van der Waals surface area contributed by atoms with E-state index in [9.17, 15) is 0 Å². The summed E-state index contributed by atoms with van der Waals surface area (Å²) in [6.45, 7) is 10.2. The molecular formula is C15H22BrNO2. The van der Waals surface area contributed by atoms with E-state index in [4.69, 9.17) is 9.47 Å². The highest BCUT2D eigenvalue weighted by atomic mass is 79.9. The van der Waals surface area contributed by atoms with E-state index in [1.54, 1.807) is 7.11 Å². The fourth-order valence-corrected chi connectivity index (χ4v) is 2.22. The van der Waals surface area contributed by atoms with Gasteiger partial charge in [-0.2, -0.15) is 0 Å². The van der Waals surface area contributed by atoms with Gasteiger partial charge < -0.3 is 14.8 Å². The molecule has 0 aliphatic heterocycles. The molecule has 0 fully saturated rings. The Morgan fingerprint density at radius 2 is 2.16 bits per heavy atom. The highest BCUT2D eigenvalue weighted by molar-refractivity contribution is 9.10. The molecule has 1 N–H and O–H groups in total. The van der Waals surface area contributed by atoms with Gasteiger partial charge in [-0.25, -0.2) is 0 Å². The van der Waals surface area contributed by atoms with E-state index in [1.807, 2.05) is 13.0 Å². The molecule has 0 radical (unpaired) electrons. The molecule has 4 heteroatoms. The number of hydrogen-bond donors (Lipinski definition) is 1. The predicted octanol–water partition coefficient (Wildman–Crippen LogP) is 3.91. The molecule has 1 rings (SSSR count). The van der Waals surface area contributed by atoms with Crippen molar-refractivity contribution in [1.82, 2.24) is 5.32 Å². The van der Waals surface area contributed by atoms with E-state index in [-0.39, 0.29) is 0 Å². The zero-order chi connectivity index (χ0) is 14.3. The van der Waals surface area contributed by atoms with Crippen molar-refractivity contribution in [2.45, 2.75) is 26.8 Å². The molecule has 0 atom stereocenters. The molecule has 0 bridgehead atoms. The molecule has 0 aromatic heterocycles. The lowest BCUT2D eigenvalue weighted by molar-refractivity contribution is 0.317. The third kappa shape index (κ3) is 5.25. The quantitative estimate of drug-likeness (QED) is 0.580. The first-order valence-electron chi connectivity index (χ1n) is 6.42. The Morgan fingerprint density at radius 3 is 2.74 bits per heavy atom. The van der Waals surface area contributed by atoms with Crippen molar-refractivity contribution in [3.63, 3.8) is 0 Å². The van der Waals surface area contributed by atoms with E-state index in [0.717, 1.165) is 41.1 Å². The smallest absolute Gasteiger partial charge is 0.175 e. The molecule has 0 amide bonds. The van der Waals surface area contributed by atoms with Gasteiger partial charge in [0.1, 0.15) is 6.61 Å². The number of hydrogen-bond acceptors (Lipinski definition) is 3. The van der Waals surface area contributed by atoms with Crippen LogP contribution in [0.25, 0.3) is 0 Å². The van der Waals surface area contributed by atoms with Crippen LogP contribution in [0.2, 0.25) is 0 Å². The summed E-state index contributed by atoms with van der Waals surface area (Å²) < 4.78 is 12.0. The van der Waals surface area contributed by atoms with Gasteiger partial charge in [0, 0.05) is 6.54 Å². The zero-order valence-corrected chi connectivity index (χ0v) is 13.5. The van der Waals surface area contributed by atoms with Gasteiger partial charge >= 0.3 is 0 Å². The van der Waals surface area contributed by atoms with Crippen molar-refractivity contribution < 1.29 is 9.47 Å². The first-order chi connectivity index (χ1) is 9.08. The number of nitrogens with one attached hydrogen (secondary N) is 1. The summed E-state index contributed by atoms with van der Waals surface area (Å²) in [6, 6.07) is 4.06. The Hall–Kier alpha value is -1.00. The molecule has 0 unspecified atom stereocenters. The molecule has 0 saturated heterocycles.